The molecule has 0 aliphatic rings. The maximum atomic E-state index is 13.6. The Balaban J connectivity index is 1.77. The summed E-state index contributed by atoms with van der Waals surface area (Å²) in [6.45, 7) is 3.69. The van der Waals surface area contributed by atoms with Gasteiger partial charge in [0, 0.05) is 12.8 Å². The molecular weight excluding hydrogens is 548 g/mol. The van der Waals surface area contributed by atoms with E-state index < -0.39 is 47.9 Å². The van der Waals surface area contributed by atoms with Gasteiger partial charge in [-0.2, -0.15) is 0 Å². The molecule has 0 heterocycles. The van der Waals surface area contributed by atoms with Crippen LogP contribution in [0.3, 0.4) is 0 Å². The fourth-order valence-corrected chi connectivity index (χ4v) is 4.58. The fraction of sp³-hybridized carbons (Fsp3) is 0.333. The topological polar surface area (TPSA) is 171 Å². The van der Waals surface area contributed by atoms with Crippen molar-refractivity contribution in [1.29, 1.82) is 0 Å². The zero-order valence-corrected chi connectivity index (χ0v) is 24.4. The molecule has 0 saturated heterocycles. The number of benzene rings is 3. The van der Waals surface area contributed by atoms with E-state index in [1.807, 2.05) is 26.0 Å². The van der Waals surface area contributed by atoms with Gasteiger partial charge < -0.3 is 31.9 Å². The smallest absolute Gasteiger partial charge is 0.326 e. The molecule has 0 spiro atoms. The van der Waals surface area contributed by atoms with Gasteiger partial charge in [-0.05, 0) is 41.2 Å². The van der Waals surface area contributed by atoms with Gasteiger partial charge in [0.05, 0.1) is 6.04 Å². The summed E-state index contributed by atoms with van der Waals surface area (Å²) in [6, 6.07) is 20.0. The number of aromatic hydroxyl groups is 1. The van der Waals surface area contributed by atoms with E-state index in [0.29, 0.717) is 6.42 Å². The molecule has 0 aromatic heterocycles. The predicted molar refractivity (Wildman–Crippen MR) is 163 cm³/mol. The van der Waals surface area contributed by atoms with Gasteiger partial charge in [-0.3, -0.25) is 14.4 Å². The maximum absolute atomic E-state index is 13.6. The van der Waals surface area contributed by atoms with Crippen LogP contribution in [-0.2, 0) is 38.4 Å². The summed E-state index contributed by atoms with van der Waals surface area (Å²) in [6.07, 6.45) is 0.924. The van der Waals surface area contributed by atoms with Gasteiger partial charge in [0.1, 0.15) is 23.9 Å². The number of nitrogens with two attached hydrogens (primary N) is 1. The van der Waals surface area contributed by atoms with Crippen LogP contribution < -0.4 is 21.7 Å². The highest BCUT2D eigenvalue weighted by Crippen LogP contribution is 2.13. The third kappa shape index (κ3) is 10.3. The van der Waals surface area contributed by atoms with Crippen LogP contribution in [0.25, 0.3) is 0 Å². The lowest BCUT2D eigenvalue weighted by molar-refractivity contribution is -0.142. The minimum Gasteiger partial charge on any atom is -0.508 e. The van der Waals surface area contributed by atoms with E-state index in [1.54, 1.807) is 60.7 Å². The van der Waals surface area contributed by atoms with Crippen molar-refractivity contribution in [3.05, 3.63) is 102 Å². The SMILES string of the molecule is CCC(C)C(NC(=O)C(N)Cc1ccc(O)cc1)C(=O)NC(Cc1ccccc1)C(=O)NC(Cc1ccccc1)C(=O)O. The van der Waals surface area contributed by atoms with Crippen LogP contribution in [0.1, 0.15) is 37.0 Å². The van der Waals surface area contributed by atoms with Gasteiger partial charge in [-0.1, -0.05) is 93.1 Å². The van der Waals surface area contributed by atoms with E-state index >= 15 is 0 Å². The van der Waals surface area contributed by atoms with Crippen LogP contribution in [0.2, 0.25) is 0 Å². The second-order valence-corrected chi connectivity index (χ2v) is 10.7. The quantitative estimate of drug-likeness (QED) is 0.158. The molecule has 5 atom stereocenters. The number of carbonyl (C=O) groups is 4. The van der Waals surface area contributed by atoms with Crippen molar-refractivity contribution in [2.24, 2.45) is 11.7 Å². The van der Waals surface area contributed by atoms with Crippen LogP contribution in [0, 0.1) is 5.92 Å². The van der Waals surface area contributed by atoms with E-state index in [0.717, 1.165) is 16.7 Å². The van der Waals surface area contributed by atoms with Crippen LogP contribution in [0.5, 0.6) is 5.75 Å². The van der Waals surface area contributed by atoms with Crippen molar-refractivity contribution in [3.63, 3.8) is 0 Å². The third-order valence-electron chi connectivity index (χ3n) is 7.33. The molecule has 0 saturated carbocycles. The Morgan fingerprint density at radius 3 is 1.67 bits per heavy atom. The lowest BCUT2D eigenvalue weighted by Crippen LogP contribution is -2.59. The Morgan fingerprint density at radius 2 is 1.16 bits per heavy atom. The van der Waals surface area contributed by atoms with E-state index in [2.05, 4.69) is 16.0 Å². The predicted octanol–water partition coefficient (Wildman–Crippen LogP) is 2.33. The molecule has 3 amide bonds. The number of carboxylic acid groups (broad SMARTS) is 1. The van der Waals surface area contributed by atoms with Gasteiger partial charge in [0.15, 0.2) is 0 Å². The highest BCUT2D eigenvalue weighted by Gasteiger charge is 2.32. The zero-order chi connectivity index (χ0) is 31.4. The Morgan fingerprint density at radius 1 is 0.674 bits per heavy atom. The van der Waals surface area contributed by atoms with Gasteiger partial charge in [0.2, 0.25) is 17.7 Å². The molecule has 228 valence electrons. The zero-order valence-electron chi connectivity index (χ0n) is 24.4. The van der Waals surface area contributed by atoms with Gasteiger partial charge >= 0.3 is 5.97 Å². The van der Waals surface area contributed by atoms with Crippen molar-refractivity contribution >= 4 is 23.7 Å². The first kappa shape index (κ1) is 32.8. The van der Waals surface area contributed by atoms with Crippen molar-refractivity contribution in [3.8, 4) is 5.75 Å². The minimum atomic E-state index is -1.21. The normalized spacial score (nSPS) is 14.4. The van der Waals surface area contributed by atoms with E-state index in [1.165, 1.54) is 12.1 Å². The molecule has 0 aliphatic heterocycles. The number of nitrogens with one attached hydrogen (secondary N) is 3. The Hall–Kier alpha value is -4.70. The molecule has 0 bridgehead atoms. The molecule has 43 heavy (non-hydrogen) atoms. The van der Waals surface area contributed by atoms with Crippen molar-refractivity contribution < 1.29 is 29.4 Å². The second kappa shape index (κ2) is 16.1. The van der Waals surface area contributed by atoms with Crippen molar-refractivity contribution in [2.45, 2.75) is 63.7 Å². The maximum Gasteiger partial charge on any atom is 0.326 e. The van der Waals surface area contributed by atoms with E-state index in [-0.39, 0.29) is 30.9 Å². The average Bonchev–Trinajstić information content (AvgIpc) is 3.00. The molecule has 0 radical (unpaired) electrons. The first-order valence-corrected chi connectivity index (χ1v) is 14.3. The first-order chi connectivity index (χ1) is 20.6. The first-order valence-electron chi connectivity index (χ1n) is 14.3. The number of aliphatic carboxylic acids is 1. The summed E-state index contributed by atoms with van der Waals surface area (Å²) in [7, 11) is 0. The molecule has 10 heteroatoms. The molecule has 3 aromatic rings. The molecule has 10 nitrogen and oxygen atoms in total. The molecular formula is C33H40N4O6. The largest absolute Gasteiger partial charge is 0.508 e. The number of rotatable bonds is 15. The summed E-state index contributed by atoms with van der Waals surface area (Å²) in [5, 5.41) is 27.4. The summed E-state index contributed by atoms with van der Waals surface area (Å²) < 4.78 is 0. The van der Waals surface area contributed by atoms with E-state index in [9.17, 15) is 29.4 Å². The molecule has 3 aromatic carbocycles. The highest BCUT2D eigenvalue weighted by molar-refractivity contribution is 5.94. The van der Waals surface area contributed by atoms with Crippen LogP contribution in [0.15, 0.2) is 84.9 Å². The monoisotopic (exact) mass is 588 g/mol. The summed E-state index contributed by atoms with van der Waals surface area (Å²) >= 11 is 0. The molecule has 0 fully saturated rings. The third-order valence-corrected chi connectivity index (χ3v) is 7.33. The fourth-order valence-electron chi connectivity index (χ4n) is 4.58. The summed E-state index contributed by atoms with van der Waals surface area (Å²) in [5.41, 5.74) is 8.39. The lowest BCUT2D eigenvalue weighted by atomic mass is 9.96. The van der Waals surface area contributed by atoms with Gasteiger partial charge in [0.25, 0.3) is 0 Å². The minimum absolute atomic E-state index is 0.0678. The van der Waals surface area contributed by atoms with Gasteiger partial charge in [-0.15, -0.1) is 0 Å². The number of hydrogen-bond donors (Lipinski definition) is 6. The second-order valence-electron chi connectivity index (χ2n) is 10.7. The average molecular weight is 589 g/mol. The molecule has 3 rings (SSSR count). The standard InChI is InChI=1S/C33H40N4O6/c1-3-21(2)29(37-30(39)26(34)18-24-14-16-25(38)17-15-24)32(41)35-27(19-22-10-6-4-7-11-22)31(40)36-28(33(42)43)20-23-12-8-5-9-13-23/h4-17,21,26-29,38H,3,18-20,34H2,1-2H3,(H,35,41)(H,36,40)(H,37,39)(H,42,43). The molecule has 0 aliphatic carbocycles. The highest BCUT2D eigenvalue weighted by atomic mass is 16.4. The number of phenols is 1. The molecule has 7 N–H and O–H groups in total. The number of phenolic OH excluding ortho intramolecular Hbond substituents is 1. The number of carbonyl (C=O) groups excluding carboxylic acids is 3. The molecule has 5 unspecified atom stereocenters. The summed E-state index contributed by atoms with van der Waals surface area (Å²) in [5.74, 6) is -3.17. The van der Waals surface area contributed by atoms with Crippen LogP contribution >= 0.6 is 0 Å². The number of amides is 3. The van der Waals surface area contributed by atoms with Gasteiger partial charge in [-0.25, -0.2) is 4.79 Å². The Kier molecular flexibility index (Phi) is 12.3. The lowest BCUT2D eigenvalue weighted by Gasteiger charge is -2.28. The van der Waals surface area contributed by atoms with E-state index in [4.69, 9.17) is 5.73 Å². The van der Waals surface area contributed by atoms with Crippen molar-refractivity contribution in [1.82, 2.24) is 16.0 Å². The number of hydrogen-bond acceptors (Lipinski definition) is 6. The Bertz CT molecular complexity index is 1350. The van der Waals surface area contributed by atoms with Crippen LogP contribution in [0.4, 0.5) is 0 Å². The Labute approximate surface area is 251 Å². The number of carboxylic acids is 1. The van der Waals surface area contributed by atoms with Crippen LogP contribution in [-0.4, -0.2) is 58.1 Å². The summed E-state index contributed by atoms with van der Waals surface area (Å²) in [4.78, 5) is 52.2. The van der Waals surface area contributed by atoms with Crippen molar-refractivity contribution in [2.75, 3.05) is 0 Å².